The fraction of sp³-hybridized carbons (Fsp3) is 0.727. The van der Waals surface area contributed by atoms with E-state index in [4.69, 9.17) is 11.6 Å². The van der Waals surface area contributed by atoms with E-state index >= 15 is 0 Å². The largest absolute Gasteiger partial charge is 0.312 e. The van der Waals surface area contributed by atoms with Crippen LogP contribution in [0, 0.1) is 6.92 Å². The minimum Gasteiger partial charge on any atom is -0.312 e. The van der Waals surface area contributed by atoms with Gasteiger partial charge in [0.1, 0.15) is 0 Å². The monoisotopic (exact) mass is 229 g/mol. The van der Waals surface area contributed by atoms with Crippen LogP contribution in [0.1, 0.15) is 38.9 Å². The average molecular weight is 230 g/mol. The Morgan fingerprint density at radius 3 is 2.60 bits per heavy atom. The number of aromatic nitrogens is 2. The van der Waals surface area contributed by atoms with Gasteiger partial charge >= 0.3 is 0 Å². The van der Waals surface area contributed by atoms with Crippen molar-refractivity contribution < 1.29 is 0 Å². The molecule has 1 rings (SSSR count). The zero-order chi connectivity index (χ0) is 11.4. The Morgan fingerprint density at radius 1 is 1.53 bits per heavy atom. The van der Waals surface area contributed by atoms with Crippen LogP contribution in [0.15, 0.2) is 6.20 Å². The van der Waals surface area contributed by atoms with Gasteiger partial charge < -0.3 is 5.32 Å². The van der Waals surface area contributed by atoms with Gasteiger partial charge in [-0.1, -0.05) is 32.4 Å². The van der Waals surface area contributed by atoms with Crippen LogP contribution in [0.5, 0.6) is 0 Å². The Morgan fingerprint density at radius 2 is 2.20 bits per heavy atom. The second-order valence-electron chi connectivity index (χ2n) is 4.17. The first kappa shape index (κ1) is 12.5. The highest BCUT2D eigenvalue weighted by Gasteiger charge is 2.11. The molecule has 0 spiro atoms. The summed E-state index contributed by atoms with van der Waals surface area (Å²) in [6.45, 7) is 9.33. The Kier molecular flexibility index (Phi) is 4.61. The van der Waals surface area contributed by atoms with E-state index in [0.717, 1.165) is 23.7 Å². The molecule has 0 aromatic carbocycles. The predicted molar refractivity (Wildman–Crippen MR) is 64.4 cm³/mol. The van der Waals surface area contributed by atoms with E-state index in [1.54, 1.807) is 0 Å². The highest BCUT2D eigenvalue weighted by atomic mass is 35.5. The van der Waals surface area contributed by atoms with Crippen LogP contribution in [0.2, 0.25) is 5.02 Å². The first-order valence-electron chi connectivity index (χ1n) is 5.49. The maximum Gasteiger partial charge on any atom is 0.0815 e. The third kappa shape index (κ3) is 3.50. The number of aryl methyl sites for hydroxylation is 1. The van der Waals surface area contributed by atoms with Gasteiger partial charge in [-0.25, -0.2) is 0 Å². The van der Waals surface area contributed by atoms with E-state index in [1.165, 1.54) is 0 Å². The molecule has 0 aliphatic rings. The Balaban J connectivity index is 2.65. The molecule has 86 valence electrons. The minimum atomic E-state index is 0.388. The second kappa shape index (κ2) is 5.52. The van der Waals surface area contributed by atoms with E-state index in [0.29, 0.717) is 12.1 Å². The van der Waals surface area contributed by atoms with Crippen LogP contribution in [0.3, 0.4) is 0 Å². The van der Waals surface area contributed by atoms with Crippen molar-refractivity contribution in [3.63, 3.8) is 0 Å². The first-order chi connectivity index (χ1) is 7.04. The maximum atomic E-state index is 5.99. The molecular weight excluding hydrogens is 210 g/mol. The molecule has 0 saturated heterocycles. The zero-order valence-electron chi connectivity index (χ0n) is 9.92. The molecule has 1 N–H and O–H groups in total. The second-order valence-corrected chi connectivity index (χ2v) is 4.57. The number of nitrogens with one attached hydrogen (secondary N) is 1. The van der Waals surface area contributed by atoms with E-state index in [-0.39, 0.29) is 0 Å². The van der Waals surface area contributed by atoms with Crippen LogP contribution < -0.4 is 5.32 Å². The topological polar surface area (TPSA) is 29.9 Å². The molecule has 0 radical (unpaired) electrons. The molecule has 0 bridgehead atoms. The summed E-state index contributed by atoms with van der Waals surface area (Å²) in [5, 5.41) is 8.57. The maximum absolute atomic E-state index is 5.99. The molecule has 4 heteroatoms. The van der Waals surface area contributed by atoms with Gasteiger partial charge in [-0.05, 0) is 13.3 Å². The molecular formula is C11H20ClN3. The lowest BCUT2D eigenvalue weighted by Crippen LogP contribution is -2.30. The van der Waals surface area contributed by atoms with E-state index < -0.39 is 0 Å². The van der Waals surface area contributed by atoms with E-state index in [2.05, 4.69) is 31.2 Å². The first-order valence-corrected chi connectivity index (χ1v) is 5.87. The third-order valence-electron chi connectivity index (χ3n) is 2.46. The standard InChI is InChI=1S/C11H20ClN3/c1-5-10(6-13-8(2)3)15-7-11(12)9(4)14-15/h7-8,10,13H,5-6H2,1-4H3. The summed E-state index contributed by atoms with van der Waals surface area (Å²) in [6, 6.07) is 0.893. The summed E-state index contributed by atoms with van der Waals surface area (Å²) < 4.78 is 1.97. The molecule has 1 heterocycles. The molecule has 1 aromatic rings. The van der Waals surface area contributed by atoms with Crippen molar-refractivity contribution in [2.75, 3.05) is 6.54 Å². The third-order valence-corrected chi connectivity index (χ3v) is 2.83. The van der Waals surface area contributed by atoms with Gasteiger partial charge in [-0.15, -0.1) is 0 Å². The van der Waals surface area contributed by atoms with Crippen molar-refractivity contribution in [3.8, 4) is 0 Å². The highest BCUT2D eigenvalue weighted by Crippen LogP contribution is 2.17. The molecule has 0 aliphatic carbocycles. The van der Waals surface area contributed by atoms with Gasteiger partial charge in [-0.3, -0.25) is 4.68 Å². The van der Waals surface area contributed by atoms with Gasteiger partial charge in [0.15, 0.2) is 0 Å². The quantitative estimate of drug-likeness (QED) is 0.842. The number of rotatable bonds is 5. The van der Waals surface area contributed by atoms with Crippen LogP contribution in [0.25, 0.3) is 0 Å². The van der Waals surface area contributed by atoms with Crippen molar-refractivity contribution in [3.05, 3.63) is 16.9 Å². The average Bonchev–Trinajstić information content (AvgIpc) is 2.47. The summed E-state index contributed by atoms with van der Waals surface area (Å²) in [5.74, 6) is 0. The lowest BCUT2D eigenvalue weighted by atomic mass is 10.2. The molecule has 1 aromatic heterocycles. The minimum absolute atomic E-state index is 0.388. The van der Waals surface area contributed by atoms with E-state index in [9.17, 15) is 0 Å². The fourth-order valence-electron chi connectivity index (χ4n) is 1.44. The normalized spacial score (nSPS) is 13.5. The number of hydrogen-bond acceptors (Lipinski definition) is 2. The molecule has 0 aliphatic heterocycles. The zero-order valence-corrected chi connectivity index (χ0v) is 10.7. The lowest BCUT2D eigenvalue weighted by Gasteiger charge is -2.18. The molecule has 15 heavy (non-hydrogen) atoms. The SMILES string of the molecule is CCC(CNC(C)C)n1cc(Cl)c(C)n1. The van der Waals surface area contributed by atoms with Gasteiger partial charge in [0, 0.05) is 18.8 Å². The summed E-state index contributed by atoms with van der Waals surface area (Å²) in [5.41, 5.74) is 0.902. The molecule has 1 atom stereocenters. The van der Waals surface area contributed by atoms with Crippen molar-refractivity contribution in [1.29, 1.82) is 0 Å². The molecule has 0 fully saturated rings. The Labute approximate surface area is 96.8 Å². The van der Waals surface area contributed by atoms with Gasteiger partial charge in [-0.2, -0.15) is 5.10 Å². The smallest absolute Gasteiger partial charge is 0.0815 e. The molecule has 0 saturated carbocycles. The van der Waals surface area contributed by atoms with Gasteiger partial charge in [0.2, 0.25) is 0 Å². The van der Waals surface area contributed by atoms with E-state index in [1.807, 2.05) is 17.8 Å². The van der Waals surface area contributed by atoms with Gasteiger partial charge in [0.05, 0.1) is 16.8 Å². The molecule has 0 amide bonds. The van der Waals surface area contributed by atoms with Crippen LogP contribution in [0.4, 0.5) is 0 Å². The molecule has 1 unspecified atom stereocenters. The summed E-state index contributed by atoms with van der Waals surface area (Å²) in [7, 11) is 0. The predicted octanol–water partition coefficient (Wildman–Crippen LogP) is 2.79. The summed E-state index contributed by atoms with van der Waals surface area (Å²) >= 11 is 5.99. The number of nitrogens with zero attached hydrogens (tertiary/aromatic N) is 2. The fourth-order valence-corrected chi connectivity index (χ4v) is 1.58. The number of halogens is 1. The Bertz CT molecular complexity index is 287. The summed E-state index contributed by atoms with van der Waals surface area (Å²) in [4.78, 5) is 0. The van der Waals surface area contributed by atoms with Crippen molar-refractivity contribution in [2.45, 2.75) is 46.2 Å². The van der Waals surface area contributed by atoms with Gasteiger partial charge in [0.25, 0.3) is 0 Å². The van der Waals surface area contributed by atoms with Crippen molar-refractivity contribution in [2.24, 2.45) is 0 Å². The van der Waals surface area contributed by atoms with Crippen LogP contribution in [-0.2, 0) is 0 Å². The van der Waals surface area contributed by atoms with Crippen LogP contribution >= 0.6 is 11.6 Å². The van der Waals surface area contributed by atoms with Crippen molar-refractivity contribution >= 4 is 11.6 Å². The summed E-state index contributed by atoms with van der Waals surface area (Å²) in [6.07, 6.45) is 2.96. The number of hydrogen-bond donors (Lipinski definition) is 1. The molecule has 3 nitrogen and oxygen atoms in total. The van der Waals surface area contributed by atoms with Crippen molar-refractivity contribution in [1.82, 2.24) is 15.1 Å². The lowest BCUT2D eigenvalue weighted by molar-refractivity contribution is 0.395. The Hall–Kier alpha value is -0.540. The highest BCUT2D eigenvalue weighted by molar-refractivity contribution is 6.31. The van der Waals surface area contributed by atoms with Crippen LogP contribution in [-0.4, -0.2) is 22.4 Å².